The van der Waals surface area contributed by atoms with Gasteiger partial charge in [-0.05, 0) is 55.3 Å². The van der Waals surface area contributed by atoms with Crippen LogP contribution in [0.2, 0.25) is 0 Å². The zero-order valence-corrected chi connectivity index (χ0v) is 15.4. The summed E-state index contributed by atoms with van der Waals surface area (Å²) in [7, 11) is 0. The number of rotatable bonds is 5. The summed E-state index contributed by atoms with van der Waals surface area (Å²) in [6, 6.07) is 15.6. The number of nitrogens with one attached hydrogen (secondary N) is 1. The Bertz CT molecular complexity index is 1050. The Hall–Kier alpha value is -3.94. The molecule has 0 atom stereocenters. The predicted molar refractivity (Wildman–Crippen MR) is 108 cm³/mol. The number of nitrogens with two attached hydrogens (primary N) is 1. The monoisotopic (exact) mass is 377 g/mol. The van der Waals surface area contributed by atoms with Crippen LogP contribution in [0.25, 0.3) is 16.8 Å². The number of nitro groups is 1. The zero-order chi connectivity index (χ0) is 20.3. The highest BCUT2D eigenvalue weighted by Crippen LogP contribution is 2.25. The molecule has 142 valence electrons. The maximum absolute atomic E-state index is 10.8. The summed E-state index contributed by atoms with van der Waals surface area (Å²) in [5.41, 5.74) is 13.0. The number of hydrogen-bond donors (Lipinski definition) is 2. The molecular weight excluding hydrogens is 358 g/mol. The first-order chi connectivity index (χ1) is 13.4. The number of nitro benzene ring substituents is 1. The Morgan fingerprint density at radius 1 is 1.11 bits per heavy atom. The molecule has 3 aromatic rings. The fourth-order valence-electron chi connectivity index (χ4n) is 3.06. The lowest BCUT2D eigenvalue weighted by Gasteiger charge is -2.11. The summed E-state index contributed by atoms with van der Waals surface area (Å²) in [6.07, 6.45) is 1.55. The zero-order valence-electron chi connectivity index (χ0n) is 15.4. The van der Waals surface area contributed by atoms with E-state index in [0.717, 1.165) is 33.8 Å². The summed E-state index contributed by atoms with van der Waals surface area (Å²) >= 11 is 0. The first kappa shape index (κ1) is 18.8. The van der Waals surface area contributed by atoms with Crippen molar-refractivity contribution in [1.29, 1.82) is 0 Å². The number of hydrogen-bond acceptors (Lipinski definition) is 4. The molecule has 2 amide bonds. The van der Waals surface area contributed by atoms with Gasteiger partial charge in [0.15, 0.2) is 0 Å². The molecule has 8 nitrogen and oxygen atoms in total. The average Bonchev–Trinajstić information content (AvgIpc) is 2.95. The van der Waals surface area contributed by atoms with E-state index in [9.17, 15) is 14.9 Å². The molecule has 0 saturated carbocycles. The molecule has 0 bridgehead atoms. The molecule has 0 spiro atoms. The lowest BCUT2D eigenvalue weighted by molar-refractivity contribution is -0.384. The molecular formula is C20H19N5O3. The van der Waals surface area contributed by atoms with E-state index >= 15 is 0 Å². The SMILES string of the molecule is Cc1cc(C=NNC(N)=O)c(C)n1-c1ccc(-c2ccc([N+](=O)[O-])cc2)cc1. The molecule has 0 aliphatic heterocycles. The second kappa shape index (κ2) is 7.75. The standard InChI is InChI=1S/C20H19N5O3/c1-13-11-17(12-22-23-20(21)26)14(2)24(13)18-7-3-15(4-8-18)16-5-9-19(10-6-16)25(27)28/h3-12H,1-2H3,(H3,21,23,26). The van der Waals surface area contributed by atoms with Gasteiger partial charge in [-0.1, -0.05) is 12.1 Å². The third-order valence-electron chi connectivity index (χ3n) is 4.39. The van der Waals surface area contributed by atoms with Crippen molar-refractivity contribution in [3.63, 3.8) is 0 Å². The molecule has 0 saturated heterocycles. The molecule has 1 heterocycles. The number of nitrogens with zero attached hydrogens (tertiary/aromatic N) is 3. The number of primary amides is 1. The molecule has 0 fully saturated rings. The Labute approximate surface area is 161 Å². The molecule has 28 heavy (non-hydrogen) atoms. The van der Waals surface area contributed by atoms with Crippen molar-refractivity contribution in [2.75, 3.05) is 0 Å². The van der Waals surface area contributed by atoms with Gasteiger partial charge >= 0.3 is 6.03 Å². The molecule has 2 aromatic carbocycles. The number of hydrazone groups is 1. The van der Waals surface area contributed by atoms with Crippen molar-refractivity contribution in [2.24, 2.45) is 10.8 Å². The number of carbonyl (C=O) groups is 1. The summed E-state index contributed by atoms with van der Waals surface area (Å²) in [6.45, 7) is 3.94. The Kier molecular flexibility index (Phi) is 5.21. The van der Waals surface area contributed by atoms with E-state index < -0.39 is 11.0 Å². The minimum atomic E-state index is -0.716. The van der Waals surface area contributed by atoms with Gasteiger partial charge in [0, 0.05) is 34.8 Å². The molecule has 1 aromatic heterocycles. The van der Waals surface area contributed by atoms with Crippen LogP contribution in [0.15, 0.2) is 59.7 Å². The van der Waals surface area contributed by atoms with Crippen LogP contribution in [0.1, 0.15) is 17.0 Å². The van der Waals surface area contributed by atoms with E-state index in [0.29, 0.717) is 0 Å². The number of urea groups is 1. The van der Waals surface area contributed by atoms with Crippen molar-refractivity contribution >= 4 is 17.9 Å². The largest absolute Gasteiger partial charge is 0.350 e. The average molecular weight is 377 g/mol. The van der Waals surface area contributed by atoms with Gasteiger partial charge in [0.05, 0.1) is 11.1 Å². The number of non-ortho nitro benzene ring substituents is 1. The normalized spacial score (nSPS) is 10.9. The van der Waals surface area contributed by atoms with Crippen LogP contribution in [0.4, 0.5) is 10.5 Å². The highest BCUT2D eigenvalue weighted by molar-refractivity contribution is 5.83. The van der Waals surface area contributed by atoms with Crippen molar-refractivity contribution in [2.45, 2.75) is 13.8 Å². The number of aryl methyl sites for hydroxylation is 1. The van der Waals surface area contributed by atoms with Crippen LogP contribution in [0.3, 0.4) is 0 Å². The number of amides is 2. The van der Waals surface area contributed by atoms with Gasteiger partial charge in [0.2, 0.25) is 0 Å². The topological polar surface area (TPSA) is 116 Å². The second-order valence-corrected chi connectivity index (χ2v) is 6.25. The van der Waals surface area contributed by atoms with Crippen molar-refractivity contribution in [3.8, 4) is 16.8 Å². The molecule has 0 aliphatic rings. The minimum Gasteiger partial charge on any atom is -0.350 e. The summed E-state index contributed by atoms with van der Waals surface area (Å²) in [5, 5.41) is 14.6. The number of carbonyl (C=O) groups excluding carboxylic acids is 1. The fourth-order valence-corrected chi connectivity index (χ4v) is 3.06. The Balaban J connectivity index is 1.87. The molecule has 0 radical (unpaired) electrons. The van der Waals surface area contributed by atoms with Gasteiger partial charge in [-0.2, -0.15) is 5.10 Å². The minimum absolute atomic E-state index is 0.0685. The van der Waals surface area contributed by atoms with Crippen LogP contribution >= 0.6 is 0 Å². The number of benzene rings is 2. The van der Waals surface area contributed by atoms with Crippen LogP contribution < -0.4 is 11.2 Å². The Morgan fingerprint density at radius 2 is 1.68 bits per heavy atom. The highest BCUT2D eigenvalue weighted by Gasteiger charge is 2.10. The molecule has 3 N–H and O–H groups in total. The second-order valence-electron chi connectivity index (χ2n) is 6.25. The van der Waals surface area contributed by atoms with Crippen LogP contribution in [0, 0.1) is 24.0 Å². The molecule has 0 aliphatic carbocycles. The third-order valence-corrected chi connectivity index (χ3v) is 4.39. The maximum atomic E-state index is 10.8. The van der Waals surface area contributed by atoms with E-state index in [1.807, 2.05) is 44.2 Å². The van der Waals surface area contributed by atoms with Gasteiger partial charge in [-0.3, -0.25) is 10.1 Å². The molecule has 8 heteroatoms. The highest BCUT2D eigenvalue weighted by atomic mass is 16.6. The van der Waals surface area contributed by atoms with Gasteiger partial charge in [-0.25, -0.2) is 10.2 Å². The van der Waals surface area contributed by atoms with Gasteiger partial charge < -0.3 is 10.3 Å². The molecule has 0 unspecified atom stereocenters. The third kappa shape index (κ3) is 3.90. The summed E-state index contributed by atoms with van der Waals surface area (Å²) in [4.78, 5) is 21.1. The lowest BCUT2D eigenvalue weighted by Crippen LogP contribution is -2.24. The van der Waals surface area contributed by atoms with Gasteiger partial charge in [0.1, 0.15) is 0 Å². The molecule has 3 rings (SSSR count). The van der Waals surface area contributed by atoms with Crippen molar-refractivity contribution in [3.05, 3.63) is 81.7 Å². The van der Waals surface area contributed by atoms with E-state index in [2.05, 4.69) is 15.1 Å². The smallest absolute Gasteiger partial charge is 0.332 e. The lowest BCUT2D eigenvalue weighted by atomic mass is 10.0. The number of aromatic nitrogens is 1. The van der Waals surface area contributed by atoms with E-state index in [1.54, 1.807) is 18.3 Å². The van der Waals surface area contributed by atoms with E-state index in [4.69, 9.17) is 5.73 Å². The van der Waals surface area contributed by atoms with Gasteiger partial charge in [0.25, 0.3) is 5.69 Å². The van der Waals surface area contributed by atoms with Crippen molar-refractivity contribution < 1.29 is 9.72 Å². The quantitative estimate of drug-likeness (QED) is 0.401. The Morgan fingerprint density at radius 3 is 2.21 bits per heavy atom. The van der Waals surface area contributed by atoms with E-state index in [-0.39, 0.29) is 5.69 Å². The van der Waals surface area contributed by atoms with Crippen LogP contribution in [-0.4, -0.2) is 21.7 Å². The van der Waals surface area contributed by atoms with Crippen molar-refractivity contribution in [1.82, 2.24) is 9.99 Å². The van der Waals surface area contributed by atoms with Gasteiger partial charge in [-0.15, -0.1) is 0 Å². The van der Waals surface area contributed by atoms with Crippen LogP contribution in [-0.2, 0) is 0 Å². The first-order valence-corrected chi connectivity index (χ1v) is 8.49. The van der Waals surface area contributed by atoms with E-state index in [1.165, 1.54) is 12.1 Å². The fraction of sp³-hybridized carbons (Fsp3) is 0.100. The first-order valence-electron chi connectivity index (χ1n) is 8.49. The predicted octanol–water partition coefficient (Wildman–Crippen LogP) is 3.67. The summed E-state index contributed by atoms with van der Waals surface area (Å²) < 4.78 is 2.07. The summed E-state index contributed by atoms with van der Waals surface area (Å²) in [5.74, 6) is 0. The maximum Gasteiger partial charge on any atom is 0.332 e. The van der Waals surface area contributed by atoms with Crippen LogP contribution in [0.5, 0.6) is 0 Å².